The maximum atomic E-state index is 9.98. The zero-order valence-electron chi connectivity index (χ0n) is 10.2. The number of hydrogen-bond acceptors (Lipinski definition) is 3. The van der Waals surface area contributed by atoms with Crippen LogP contribution in [-0.4, -0.2) is 21.8 Å². The molecule has 2 aromatic rings. The Bertz CT molecular complexity index is 495. The molecule has 3 N–H and O–H groups in total. The van der Waals surface area contributed by atoms with Gasteiger partial charge in [0.1, 0.15) is 0 Å². The first-order valence-corrected chi connectivity index (χ1v) is 6.17. The SMILES string of the molecule is Cc1[nH]ncc1CNC[C@@H](O)c1ccc(Cl)cc1. The molecule has 0 radical (unpaired) electrons. The molecule has 1 aromatic carbocycles. The summed E-state index contributed by atoms with van der Waals surface area (Å²) in [7, 11) is 0. The Balaban J connectivity index is 1.83. The van der Waals surface area contributed by atoms with Crippen molar-refractivity contribution >= 4 is 11.6 Å². The Hall–Kier alpha value is -1.36. The summed E-state index contributed by atoms with van der Waals surface area (Å²) in [5.41, 5.74) is 3.01. The van der Waals surface area contributed by atoms with Crippen LogP contribution >= 0.6 is 11.6 Å². The fourth-order valence-electron chi connectivity index (χ4n) is 1.70. The molecule has 96 valence electrons. The van der Waals surface area contributed by atoms with Crippen LogP contribution in [0.5, 0.6) is 0 Å². The average Bonchev–Trinajstić information content (AvgIpc) is 2.76. The van der Waals surface area contributed by atoms with Gasteiger partial charge in [0, 0.05) is 29.4 Å². The molecule has 0 aliphatic carbocycles. The molecule has 1 aromatic heterocycles. The molecular formula is C13H16ClN3O. The lowest BCUT2D eigenvalue weighted by Crippen LogP contribution is -2.21. The number of hydrogen-bond donors (Lipinski definition) is 3. The van der Waals surface area contributed by atoms with Crippen LogP contribution in [0.3, 0.4) is 0 Å². The average molecular weight is 266 g/mol. The van der Waals surface area contributed by atoms with Crippen LogP contribution in [0.1, 0.15) is 22.9 Å². The van der Waals surface area contributed by atoms with Gasteiger partial charge in [-0.3, -0.25) is 5.10 Å². The number of aromatic amines is 1. The topological polar surface area (TPSA) is 60.9 Å². The molecule has 0 aliphatic rings. The molecule has 0 aliphatic heterocycles. The minimum Gasteiger partial charge on any atom is -0.387 e. The van der Waals surface area contributed by atoms with Gasteiger partial charge in [-0.05, 0) is 24.6 Å². The van der Waals surface area contributed by atoms with E-state index in [1.807, 2.05) is 19.1 Å². The van der Waals surface area contributed by atoms with Crippen molar-refractivity contribution < 1.29 is 5.11 Å². The zero-order valence-corrected chi connectivity index (χ0v) is 10.9. The van der Waals surface area contributed by atoms with Crippen LogP contribution in [-0.2, 0) is 6.54 Å². The zero-order chi connectivity index (χ0) is 13.0. The molecule has 2 rings (SSSR count). The number of aliphatic hydroxyl groups is 1. The number of aryl methyl sites for hydroxylation is 1. The summed E-state index contributed by atoms with van der Waals surface area (Å²) in [5.74, 6) is 0. The van der Waals surface area contributed by atoms with Crippen LogP contribution in [0.2, 0.25) is 5.02 Å². The van der Waals surface area contributed by atoms with Crippen molar-refractivity contribution in [3.05, 3.63) is 52.3 Å². The summed E-state index contributed by atoms with van der Waals surface area (Å²) >= 11 is 5.80. The van der Waals surface area contributed by atoms with Gasteiger partial charge in [-0.1, -0.05) is 23.7 Å². The van der Waals surface area contributed by atoms with Gasteiger partial charge in [0.15, 0.2) is 0 Å². The molecule has 0 saturated heterocycles. The molecule has 0 saturated carbocycles. The third-order valence-electron chi connectivity index (χ3n) is 2.84. The molecular weight excluding hydrogens is 250 g/mol. The number of aromatic nitrogens is 2. The summed E-state index contributed by atoms with van der Waals surface area (Å²) in [5, 5.41) is 20.7. The van der Waals surface area contributed by atoms with Crippen molar-refractivity contribution in [1.29, 1.82) is 0 Å². The van der Waals surface area contributed by atoms with E-state index < -0.39 is 6.10 Å². The highest BCUT2D eigenvalue weighted by Gasteiger charge is 2.07. The highest BCUT2D eigenvalue weighted by Crippen LogP contribution is 2.15. The first kappa shape index (κ1) is 13.1. The number of aliphatic hydroxyl groups excluding tert-OH is 1. The lowest BCUT2D eigenvalue weighted by molar-refractivity contribution is 0.174. The fourth-order valence-corrected chi connectivity index (χ4v) is 1.83. The van der Waals surface area contributed by atoms with Crippen molar-refractivity contribution in [3.8, 4) is 0 Å². The van der Waals surface area contributed by atoms with Gasteiger partial charge < -0.3 is 10.4 Å². The maximum absolute atomic E-state index is 9.98. The number of nitrogens with zero attached hydrogens (tertiary/aromatic N) is 1. The number of rotatable bonds is 5. The Kier molecular flexibility index (Phi) is 4.36. The van der Waals surface area contributed by atoms with E-state index in [9.17, 15) is 5.11 Å². The molecule has 0 spiro atoms. The van der Waals surface area contributed by atoms with Gasteiger partial charge in [-0.25, -0.2) is 0 Å². The normalized spacial score (nSPS) is 12.6. The van der Waals surface area contributed by atoms with Crippen molar-refractivity contribution in [1.82, 2.24) is 15.5 Å². The van der Waals surface area contributed by atoms with E-state index in [4.69, 9.17) is 11.6 Å². The van der Waals surface area contributed by atoms with Gasteiger partial charge in [0.05, 0.1) is 12.3 Å². The summed E-state index contributed by atoms with van der Waals surface area (Å²) in [4.78, 5) is 0. The van der Waals surface area contributed by atoms with E-state index in [-0.39, 0.29) is 0 Å². The second kappa shape index (κ2) is 6.00. The largest absolute Gasteiger partial charge is 0.387 e. The monoisotopic (exact) mass is 265 g/mol. The highest BCUT2D eigenvalue weighted by molar-refractivity contribution is 6.30. The number of H-pyrrole nitrogens is 1. The quantitative estimate of drug-likeness (QED) is 0.777. The second-order valence-electron chi connectivity index (χ2n) is 4.22. The predicted octanol–water partition coefficient (Wildman–Crippen LogP) is 2.19. The molecule has 4 nitrogen and oxygen atoms in total. The van der Waals surface area contributed by atoms with Gasteiger partial charge >= 0.3 is 0 Å². The smallest absolute Gasteiger partial charge is 0.0914 e. The van der Waals surface area contributed by atoms with Crippen molar-refractivity contribution in [2.75, 3.05) is 6.54 Å². The summed E-state index contributed by atoms with van der Waals surface area (Å²) in [6, 6.07) is 7.22. The molecule has 1 atom stereocenters. The molecule has 0 fully saturated rings. The Morgan fingerprint density at radius 2 is 2.11 bits per heavy atom. The lowest BCUT2D eigenvalue weighted by Gasteiger charge is -2.12. The second-order valence-corrected chi connectivity index (χ2v) is 4.65. The molecule has 1 heterocycles. The first-order valence-electron chi connectivity index (χ1n) is 5.80. The van der Waals surface area contributed by atoms with E-state index in [0.717, 1.165) is 16.8 Å². The van der Waals surface area contributed by atoms with Crippen molar-refractivity contribution in [3.63, 3.8) is 0 Å². The Labute approximate surface area is 111 Å². The van der Waals surface area contributed by atoms with Gasteiger partial charge in [-0.2, -0.15) is 5.10 Å². The van der Waals surface area contributed by atoms with Crippen molar-refractivity contribution in [2.45, 2.75) is 19.6 Å². The molecule has 0 unspecified atom stereocenters. The van der Waals surface area contributed by atoms with E-state index in [1.165, 1.54) is 0 Å². The van der Waals surface area contributed by atoms with Crippen LogP contribution in [0.4, 0.5) is 0 Å². The third-order valence-corrected chi connectivity index (χ3v) is 3.09. The van der Waals surface area contributed by atoms with E-state index in [2.05, 4.69) is 15.5 Å². The molecule has 18 heavy (non-hydrogen) atoms. The Morgan fingerprint density at radius 1 is 1.39 bits per heavy atom. The third kappa shape index (κ3) is 3.32. The molecule has 0 amide bonds. The van der Waals surface area contributed by atoms with Crippen molar-refractivity contribution in [2.24, 2.45) is 0 Å². The minimum absolute atomic E-state index is 0.492. The lowest BCUT2D eigenvalue weighted by atomic mass is 10.1. The standard InChI is InChI=1S/C13H16ClN3O/c1-9-11(7-16-17-9)6-15-8-13(18)10-2-4-12(14)5-3-10/h2-5,7,13,15,18H,6,8H2,1H3,(H,16,17)/t13-/m1/s1. The minimum atomic E-state index is -0.533. The summed E-state index contributed by atoms with van der Waals surface area (Å²) in [6.45, 7) is 3.15. The van der Waals surface area contributed by atoms with E-state index in [0.29, 0.717) is 18.1 Å². The molecule has 0 bridgehead atoms. The van der Waals surface area contributed by atoms with Crippen LogP contribution < -0.4 is 5.32 Å². The van der Waals surface area contributed by atoms with E-state index in [1.54, 1.807) is 18.3 Å². The van der Waals surface area contributed by atoms with Gasteiger partial charge in [-0.15, -0.1) is 0 Å². The fraction of sp³-hybridized carbons (Fsp3) is 0.308. The van der Waals surface area contributed by atoms with Gasteiger partial charge in [0.25, 0.3) is 0 Å². The number of benzene rings is 1. The van der Waals surface area contributed by atoms with Gasteiger partial charge in [0.2, 0.25) is 0 Å². The number of halogens is 1. The first-order chi connectivity index (χ1) is 8.66. The Morgan fingerprint density at radius 3 is 2.72 bits per heavy atom. The molecule has 5 heteroatoms. The summed E-state index contributed by atoms with van der Waals surface area (Å²) < 4.78 is 0. The predicted molar refractivity (Wildman–Crippen MR) is 71.4 cm³/mol. The number of nitrogens with one attached hydrogen (secondary N) is 2. The maximum Gasteiger partial charge on any atom is 0.0914 e. The summed E-state index contributed by atoms with van der Waals surface area (Å²) in [6.07, 6.45) is 1.26. The highest BCUT2D eigenvalue weighted by atomic mass is 35.5. The van der Waals surface area contributed by atoms with E-state index >= 15 is 0 Å². The van der Waals surface area contributed by atoms with Crippen LogP contribution in [0, 0.1) is 6.92 Å². The van der Waals surface area contributed by atoms with Crippen LogP contribution in [0.25, 0.3) is 0 Å². The van der Waals surface area contributed by atoms with Crippen LogP contribution in [0.15, 0.2) is 30.5 Å².